The highest BCUT2D eigenvalue weighted by molar-refractivity contribution is 7.90. The lowest BCUT2D eigenvalue weighted by Gasteiger charge is -2.42. The number of benzene rings is 2. The number of urea groups is 1. The maximum Gasteiger partial charge on any atom is 0.315 e. The molecule has 2 saturated heterocycles. The van der Waals surface area contributed by atoms with Crippen LogP contribution in [0.2, 0.25) is 0 Å². The van der Waals surface area contributed by atoms with Crippen LogP contribution in [-0.2, 0) is 25.9 Å². The van der Waals surface area contributed by atoms with Gasteiger partial charge in [0.05, 0.1) is 35.3 Å². The molecule has 12 nitrogen and oxygen atoms in total. The zero-order valence-corrected chi connectivity index (χ0v) is 26.8. The summed E-state index contributed by atoms with van der Waals surface area (Å²) >= 11 is 0. The highest BCUT2D eigenvalue weighted by atomic mass is 32.2. The Morgan fingerprint density at radius 1 is 1.04 bits per heavy atom. The molecule has 3 heterocycles. The summed E-state index contributed by atoms with van der Waals surface area (Å²) in [7, 11) is -3.31. The second-order valence-electron chi connectivity index (χ2n) is 12.3. The molecule has 0 aromatic heterocycles. The number of hydrogen-bond donors (Lipinski definition) is 3. The number of rotatable bonds is 5. The van der Waals surface area contributed by atoms with Crippen LogP contribution >= 0.6 is 0 Å². The molecule has 0 saturated carbocycles. The first-order valence-corrected chi connectivity index (χ1v) is 17.4. The van der Waals surface area contributed by atoms with E-state index in [9.17, 15) is 22.8 Å². The fraction of sp³-hybridized carbons (Fsp3) is 0.531. The first-order chi connectivity index (χ1) is 21.5. The molecule has 2 aromatic carbocycles. The zero-order valence-electron chi connectivity index (χ0n) is 26.0. The number of ether oxygens (including phenoxy) is 2. The number of fused-ring (bicyclic) bond motifs is 4. The maximum absolute atomic E-state index is 14.0. The van der Waals surface area contributed by atoms with Crippen LogP contribution in [0.5, 0.6) is 5.75 Å². The number of carbonyl (C=O) groups is 3. The molecule has 4 amide bonds. The SMILES string of the molecule is CC(C)NC(=O)N[C@@H]1CC[C@H]2CCOc3ccccc3C(=O)N3CCN(Cc4ccc(S(C)(=O)=O)cc4)C[C@H]3C(=O)NC[C@H]1O2. The highest BCUT2D eigenvalue weighted by Gasteiger charge is 2.39. The smallest absolute Gasteiger partial charge is 0.315 e. The maximum atomic E-state index is 14.0. The van der Waals surface area contributed by atoms with E-state index in [-0.39, 0.29) is 54.0 Å². The number of amides is 4. The summed E-state index contributed by atoms with van der Waals surface area (Å²) in [5.41, 5.74) is 1.30. The molecule has 3 N–H and O–H groups in total. The lowest BCUT2D eigenvalue weighted by molar-refractivity contribution is -0.130. The lowest BCUT2D eigenvalue weighted by Crippen LogP contribution is -2.62. The predicted octanol–water partition coefficient (Wildman–Crippen LogP) is 1.94. The Morgan fingerprint density at radius 3 is 2.53 bits per heavy atom. The summed E-state index contributed by atoms with van der Waals surface area (Å²) in [5.74, 6) is -0.127. The third kappa shape index (κ3) is 8.33. The zero-order chi connectivity index (χ0) is 32.1. The Bertz CT molecular complexity index is 1480. The van der Waals surface area contributed by atoms with Gasteiger partial charge < -0.3 is 30.3 Å². The van der Waals surface area contributed by atoms with E-state index in [1.54, 1.807) is 47.4 Å². The summed E-state index contributed by atoms with van der Waals surface area (Å²) in [4.78, 5) is 44.3. The van der Waals surface area contributed by atoms with Crippen LogP contribution in [0.3, 0.4) is 0 Å². The Labute approximate surface area is 264 Å². The van der Waals surface area contributed by atoms with E-state index >= 15 is 0 Å². The van der Waals surface area contributed by atoms with Crippen molar-refractivity contribution in [1.29, 1.82) is 0 Å². The molecule has 3 aliphatic heterocycles. The van der Waals surface area contributed by atoms with Crippen molar-refractivity contribution in [2.24, 2.45) is 0 Å². The first-order valence-electron chi connectivity index (χ1n) is 15.5. The van der Waals surface area contributed by atoms with Gasteiger partial charge in [0.1, 0.15) is 11.8 Å². The molecule has 45 heavy (non-hydrogen) atoms. The standard InChI is InChI=1S/C32H43N5O7S/c1-21(2)34-32(40)35-26-13-10-23-14-17-43-28-7-5-4-6-25(28)31(39)37-16-15-36(20-27(37)30(38)33-18-29(26)44-23)19-22-8-11-24(12-9-22)45(3,41)42/h4-9,11-12,21,23,26-27,29H,10,13-20H2,1-3H3,(H,33,38)(H2,34,35,40)/t23-,26+,27-,29+/m0/s1. The molecule has 3 aliphatic rings. The topological polar surface area (TPSA) is 146 Å². The third-order valence-corrected chi connectivity index (χ3v) is 9.56. The van der Waals surface area contributed by atoms with Gasteiger partial charge in [0.2, 0.25) is 5.91 Å². The molecule has 2 bridgehead atoms. The molecule has 2 fully saturated rings. The largest absolute Gasteiger partial charge is 0.493 e. The first kappa shape index (κ1) is 32.7. The van der Waals surface area contributed by atoms with Gasteiger partial charge in [-0.25, -0.2) is 13.2 Å². The van der Waals surface area contributed by atoms with Crippen molar-refractivity contribution in [2.75, 3.05) is 39.0 Å². The quantitative estimate of drug-likeness (QED) is 0.449. The van der Waals surface area contributed by atoms with Gasteiger partial charge in [-0.1, -0.05) is 24.3 Å². The van der Waals surface area contributed by atoms with Gasteiger partial charge in [0.15, 0.2) is 9.84 Å². The molecule has 13 heteroatoms. The Morgan fingerprint density at radius 2 is 1.80 bits per heavy atom. The number of carbonyl (C=O) groups excluding carboxylic acids is 3. The normalized spacial score (nSPS) is 24.8. The Kier molecular flexibility index (Phi) is 10.3. The van der Waals surface area contributed by atoms with Crippen molar-refractivity contribution >= 4 is 27.7 Å². The van der Waals surface area contributed by atoms with Crippen LogP contribution in [0.4, 0.5) is 4.79 Å². The van der Waals surface area contributed by atoms with Crippen LogP contribution in [0, 0.1) is 0 Å². The Balaban J connectivity index is 1.37. The molecule has 2 aromatic rings. The van der Waals surface area contributed by atoms with Crippen molar-refractivity contribution in [2.45, 2.75) is 74.9 Å². The van der Waals surface area contributed by atoms with Crippen molar-refractivity contribution in [3.8, 4) is 5.75 Å². The van der Waals surface area contributed by atoms with Gasteiger partial charge in [0, 0.05) is 51.4 Å². The molecule has 0 spiro atoms. The molecule has 0 unspecified atom stereocenters. The summed E-state index contributed by atoms with van der Waals surface area (Å²) < 4.78 is 36.3. The summed E-state index contributed by atoms with van der Waals surface area (Å²) in [5, 5.41) is 8.90. The molecule has 5 rings (SSSR count). The van der Waals surface area contributed by atoms with Crippen molar-refractivity contribution < 1.29 is 32.3 Å². The minimum atomic E-state index is -3.31. The third-order valence-electron chi connectivity index (χ3n) is 8.43. The number of piperazine rings is 1. The van der Waals surface area contributed by atoms with Crippen LogP contribution in [0.15, 0.2) is 53.4 Å². The summed E-state index contributed by atoms with van der Waals surface area (Å²) in [6.07, 6.45) is 2.59. The average molecular weight is 642 g/mol. The van der Waals surface area contributed by atoms with Gasteiger partial charge in [-0.15, -0.1) is 0 Å². The van der Waals surface area contributed by atoms with Gasteiger partial charge in [-0.3, -0.25) is 14.5 Å². The van der Waals surface area contributed by atoms with Crippen LogP contribution in [0.25, 0.3) is 0 Å². The summed E-state index contributed by atoms with van der Waals surface area (Å²) in [6.45, 7) is 5.90. The van der Waals surface area contributed by atoms with Crippen LogP contribution < -0.4 is 20.7 Å². The number of hydrogen-bond acceptors (Lipinski definition) is 8. The van der Waals surface area contributed by atoms with Crippen molar-refractivity contribution in [3.05, 3.63) is 59.7 Å². The van der Waals surface area contributed by atoms with Gasteiger partial charge >= 0.3 is 6.03 Å². The number of nitrogens with one attached hydrogen (secondary N) is 3. The predicted molar refractivity (Wildman–Crippen MR) is 168 cm³/mol. The van der Waals surface area contributed by atoms with Crippen LogP contribution in [-0.4, -0.2) is 105 Å². The lowest BCUT2D eigenvalue weighted by atomic mass is 9.96. The van der Waals surface area contributed by atoms with Gasteiger partial charge in [0.25, 0.3) is 5.91 Å². The van der Waals surface area contributed by atoms with E-state index < -0.39 is 22.0 Å². The minimum absolute atomic E-state index is 0.0265. The second kappa shape index (κ2) is 14.2. The van der Waals surface area contributed by atoms with E-state index in [1.165, 1.54) is 6.26 Å². The van der Waals surface area contributed by atoms with E-state index in [0.29, 0.717) is 50.4 Å². The highest BCUT2D eigenvalue weighted by Crippen LogP contribution is 2.27. The van der Waals surface area contributed by atoms with E-state index in [2.05, 4.69) is 20.9 Å². The van der Waals surface area contributed by atoms with Crippen molar-refractivity contribution in [3.63, 3.8) is 0 Å². The molecular formula is C32H43N5O7S. The fourth-order valence-electron chi connectivity index (χ4n) is 6.10. The average Bonchev–Trinajstić information content (AvgIpc) is 3.00. The Hall–Kier alpha value is -3.68. The van der Waals surface area contributed by atoms with E-state index in [1.807, 2.05) is 19.9 Å². The second-order valence-corrected chi connectivity index (χ2v) is 14.3. The number of para-hydroxylation sites is 1. The monoisotopic (exact) mass is 641 g/mol. The van der Waals surface area contributed by atoms with Crippen molar-refractivity contribution in [1.82, 2.24) is 25.8 Å². The molecule has 244 valence electrons. The summed E-state index contributed by atoms with van der Waals surface area (Å²) in [6, 6.07) is 12.4. The van der Waals surface area contributed by atoms with E-state index in [0.717, 1.165) is 12.0 Å². The van der Waals surface area contributed by atoms with Gasteiger partial charge in [-0.05, 0) is 56.5 Å². The molecular weight excluding hydrogens is 598 g/mol. The van der Waals surface area contributed by atoms with E-state index in [4.69, 9.17) is 9.47 Å². The molecule has 0 radical (unpaired) electrons. The molecule has 4 atom stereocenters. The number of nitrogens with zero attached hydrogens (tertiary/aromatic N) is 2. The molecule has 0 aliphatic carbocycles. The fourth-order valence-corrected chi connectivity index (χ4v) is 6.73. The number of sulfone groups is 1. The van der Waals surface area contributed by atoms with Crippen LogP contribution in [0.1, 0.15) is 49.0 Å². The minimum Gasteiger partial charge on any atom is -0.493 e. The van der Waals surface area contributed by atoms with Gasteiger partial charge in [-0.2, -0.15) is 0 Å².